The lowest BCUT2D eigenvalue weighted by Gasteiger charge is -2.32. The molecule has 1 heterocycles. The molecular formula is C22H26BrN5O. The van der Waals surface area contributed by atoms with Gasteiger partial charge in [-0.05, 0) is 60.1 Å². The number of pyridine rings is 1. The predicted molar refractivity (Wildman–Crippen MR) is 120 cm³/mol. The third-order valence-corrected chi connectivity index (χ3v) is 5.49. The number of allylic oxidation sites excluding steroid dienone is 2. The second kappa shape index (κ2) is 8.78. The van der Waals surface area contributed by atoms with E-state index in [0.717, 1.165) is 46.1 Å². The predicted octanol–water partition coefficient (Wildman–Crippen LogP) is 4.96. The second-order valence-corrected chi connectivity index (χ2v) is 9.03. The highest BCUT2D eigenvalue weighted by Crippen LogP contribution is 2.38. The normalized spacial score (nSPS) is 15.7. The molecule has 6 nitrogen and oxygen atoms in total. The lowest BCUT2D eigenvalue weighted by Crippen LogP contribution is -2.28. The van der Waals surface area contributed by atoms with Crippen molar-refractivity contribution in [1.29, 1.82) is 5.41 Å². The van der Waals surface area contributed by atoms with E-state index in [1.165, 1.54) is 0 Å². The smallest absolute Gasteiger partial charge is 0.319 e. The number of benzene rings is 1. The summed E-state index contributed by atoms with van der Waals surface area (Å²) >= 11 is 3.48. The van der Waals surface area contributed by atoms with Crippen LogP contribution in [0.5, 0.6) is 0 Å². The van der Waals surface area contributed by atoms with Gasteiger partial charge in [0, 0.05) is 40.4 Å². The van der Waals surface area contributed by atoms with Gasteiger partial charge in [0.05, 0.1) is 5.71 Å². The number of hydrogen-bond donors (Lipinski definition) is 4. The molecule has 0 unspecified atom stereocenters. The molecule has 152 valence electrons. The number of nitrogens with one attached hydrogen (secondary N) is 3. The first-order valence-corrected chi connectivity index (χ1v) is 10.3. The number of rotatable bonds is 5. The SMILES string of the molecule is CC1(C)CCC(C(=N)c2cc(Br)cc(NC(=O)NCc3cccnc3)c2)=C(N)C1. The molecule has 29 heavy (non-hydrogen) atoms. The Morgan fingerprint density at radius 2 is 2.14 bits per heavy atom. The van der Waals surface area contributed by atoms with Gasteiger partial charge >= 0.3 is 6.03 Å². The van der Waals surface area contributed by atoms with Crippen molar-refractivity contribution in [2.24, 2.45) is 11.1 Å². The van der Waals surface area contributed by atoms with Crippen LogP contribution in [-0.2, 0) is 6.54 Å². The van der Waals surface area contributed by atoms with E-state index in [0.29, 0.717) is 17.9 Å². The number of anilines is 1. The zero-order chi connectivity index (χ0) is 21.0. The van der Waals surface area contributed by atoms with Gasteiger partial charge in [0.1, 0.15) is 0 Å². The molecule has 7 heteroatoms. The van der Waals surface area contributed by atoms with Crippen LogP contribution in [0.2, 0.25) is 0 Å². The Bertz CT molecular complexity index is 953. The Balaban J connectivity index is 1.71. The summed E-state index contributed by atoms with van der Waals surface area (Å²) in [6.07, 6.45) is 5.99. The topological polar surface area (TPSA) is 104 Å². The number of amides is 2. The van der Waals surface area contributed by atoms with Crippen LogP contribution in [0.15, 0.2) is 58.5 Å². The lowest BCUT2D eigenvalue weighted by atomic mass is 9.75. The number of carbonyl (C=O) groups is 1. The summed E-state index contributed by atoms with van der Waals surface area (Å²) in [7, 11) is 0. The van der Waals surface area contributed by atoms with Crippen LogP contribution in [0.1, 0.15) is 44.2 Å². The highest BCUT2D eigenvalue weighted by Gasteiger charge is 2.27. The van der Waals surface area contributed by atoms with E-state index in [2.05, 4.69) is 45.4 Å². The van der Waals surface area contributed by atoms with Gasteiger partial charge in [-0.2, -0.15) is 0 Å². The molecule has 0 radical (unpaired) electrons. The second-order valence-electron chi connectivity index (χ2n) is 8.12. The zero-order valence-electron chi connectivity index (χ0n) is 16.7. The van der Waals surface area contributed by atoms with Gasteiger partial charge in [-0.15, -0.1) is 0 Å². The van der Waals surface area contributed by atoms with Gasteiger partial charge < -0.3 is 16.4 Å². The highest BCUT2D eigenvalue weighted by atomic mass is 79.9. The maximum absolute atomic E-state index is 12.3. The Morgan fingerprint density at radius 1 is 1.34 bits per heavy atom. The van der Waals surface area contributed by atoms with Crippen molar-refractivity contribution in [1.82, 2.24) is 10.3 Å². The molecule has 1 aliphatic rings. The van der Waals surface area contributed by atoms with Crippen molar-refractivity contribution in [2.75, 3.05) is 5.32 Å². The minimum Gasteiger partial charge on any atom is -0.402 e. The number of urea groups is 1. The van der Waals surface area contributed by atoms with E-state index in [-0.39, 0.29) is 11.4 Å². The van der Waals surface area contributed by atoms with Crippen molar-refractivity contribution in [3.05, 3.63) is 69.6 Å². The number of carbonyl (C=O) groups excluding carboxylic acids is 1. The average molecular weight is 456 g/mol. The molecule has 0 saturated heterocycles. The van der Waals surface area contributed by atoms with Crippen molar-refractivity contribution in [2.45, 2.75) is 39.7 Å². The maximum Gasteiger partial charge on any atom is 0.319 e. The Kier molecular flexibility index (Phi) is 6.37. The maximum atomic E-state index is 12.3. The Hall–Kier alpha value is -2.67. The lowest BCUT2D eigenvalue weighted by molar-refractivity contribution is 0.251. The first kappa shape index (κ1) is 21.0. The van der Waals surface area contributed by atoms with Crippen LogP contribution in [0.3, 0.4) is 0 Å². The third-order valence-electron chi connectivity index (χ3n) is 5.03. The minimum absolute atomic E-state index is 0.171. The summed E-state index contributed by atoms with van der Waals surface area (Å²) in [6, 6.07) is 8.89. The molecule has 0 spiro atoms. The van der Waals surface area contributed by atoms with Crippen molar-refractivity contribution >= 4 is 33.4 Å². The number of nitrogens with zero attached hydrogens (tertiary/aromatic N) is 1. The molecular weight excluding hydrogens is 430 g/mol. The summed E-state index contributed by atoms with van der Waals surface area (Å²) in [5, 5.41) is 14.3. The molecule has 1 aromatic carbocycles. The van der Waals surface area contributed by atoms with Gasteiger partial charge in [0.2, 0.25) is 0 Å². The van der Waals surface area contributed by atoms with E-state index < -0.39 is 0 Å². The molecule has 2 aromatic rings. The van der Waals surface area contributed by atoms with Gasteiger partial charge in [-0.1, -0.05) is 35.8 Å². The number of nitrogens with two attached hydrogens (primary N) is 1. The number of halogens is 1. The molecule has 0 fully saturated rings. The van der Waals surface area contributed by atoms with Crippen LogP contribution in [0, 0.1) is 10.8 Å². The molecule has 2 amide bonds. The van der Waals surface area contributed by atoms with Gasteiger partial charge in [-0.3, -0.25) is 10.4 Å². The average Bonchev–Trinajstić information content (AvgIpc) is 2.65. The van der Waals surface area contributed by atoms with E-state index >= 15 is 0 Å². The third kappa shape index (κ3) is 5.67. The fourth-order valence-corrected chi connectivity index (χ4v) is 3.95. The van der Waals surface area contributed by atoms with Crippen molar-refractivity contribution in [3.8, 4) is 0 Å². The summed E-state index contributed by atoms with van der Waals surface area (Å²) in [6.45, 7) is 4.78. The fraction of sp³-hybridized carbons (Fsp3) is 0.318. The standard InChI is InChI=1S/C22H26BrN5O/c1-22(2)6-5-18(19(24)11-22)20(25)15-8-16(23)10-17(9-15)28-21(29)27-13-14-4-3-7-26-12-14/h3-4,7-10,12,25H,5-6,11,13,24H2,1-2H3,(H2,27,28,29). The van der Waals surface area contributed by atoms with Crippen LogP contribution in [0.25, 0.3) is 0 Å². The minimum atomic E-state index is -0.317. The molecule has 0 atom stereocenters. The van der Waals surface area contributed by atoms with E-state index in [4.69, 9.17) is 11.1 Å². The molecule has 1 aliphatic carbocycles. The van der Waals surface area contributed by atoms with Gasteiger partial charge in [-0.25, -0.2) is 4.79 Å². The Labute approximate surface area is 179 Å². The molecule has 0 saturated carbocycles. The van der Waals surface area contributed by atoms with Crippen molar-refractivity contribution < 1.29 is 4.79 Å². The molecule has 5 N–H and O–H groups in total. The quantitative estimate of drug-likeness (QED) is 0.478. The molecule has 3 rings (SSSR count). The largest absolute Gasteiger partial charge is 0.402 e. The number of aromatic nitrogens is 1. The number of hydrogen-bond acceptors (Lipinski definition) is 4. The first-order chi connectivity index (χ1) is 13.7. The van der Waals surface area contributed by atoms with E-state index in [1.807, 2.05) is 24.3 Å². The van der Waals surface area contributed by atoms with E-state index in [9.17, 15) is 4.79 Å². The van der Waals surface area contributed by atoms with Crippen LogP contribution in [-0.4, -0.2) is 16.7 Å². The first-order valence-electron chi connectivity index (χ1n) is 9.55. The fourth-order valence-electron chi connectivity index (χ4n) is 3.46. The summed E-state index contributed by atoms with van der Waals surface area (Å²) in [5.41, 5.74) is 10.8. The zero-order valence-corrected chi connectivity index (χ0v) is 18.3. The van der Waals surface area contributed by atoms with Crippen molar-refractivity contribution in [3.63, 3.8) is 0 Å². The summed E-state index contributed by atoms with van der Waals surface area (Å²) in [4.78, 5) is 16.3. The van der Waals surface area contributed by atoms with Crippen LogP contribution >= 0.6 is 15.9 Å². The van der Waals surface area contributed by atoms with Gasteiger partial charge in [0.15, 0.2) is 0 Å². The van der Waals surface area contributed by atoms with Crippen LogP contribution < -0.4 is 16.4 Å². The summed E-state index contributed by atoms with van der Waals surface area (Å²) in [5.74, 6) is 0. The monoisotopic (exact) mass is 455 g/mol. The van der Waals surface area contributed by atoms with Gasteiger partial charge in [0.25, 0.3) is 0 Å². The molecule has 0 bridgehead atoms. The van der Waals surface area contributed by atoms with E-state index in [1.54, 1.807) is 18.5 Å². The van der Waals surface area contributed by atoms with Crippen LogP contribution in [0.4, 0.5) is 10.5 Å². The molecule has 0 aliphatic heterocycles. The Morgan fingerprint density at radius 3 is 2.83 bits per heavy atom. The summed E-state index contributed by atoms with van der Waals surface area (Å²) < 4.78 is 0.789. The highest BCUT2D eigenvalue weighted by molar-refractivity contribution is 9.10. The molecule has 1 aromatic heterocycles.